The lowest BCUT2D eigenvalue weighted by molar-refractivity contribution is 0.462. The molecule has 0 amide bonds. The van der Waals surface area contributed by atoms with Crippen LogP contribution >= 0.6 is 11.8 Å². The van der Waals surface area contributed by atoms with Crippen LogP contribution in [0.3, 0.4) is 0 Å². The molecule has 0 aliphatic carbocycles. The molecular formula is C14H27NS. The van der Waals surface area contributed by atoms with Crippen LogP contribution in [0.5, 0.6) is 0 Å². The summed E-state index contributed by atoms with van der Waals surface area (Å²) >= 11 is 1.97. The lowest BCUT2D eigenvalue weighted by atomic mass is 10.3. The van der Waals surface area contributed by atoms with E-state index in [1.165, 1.54) is 11.4 Å². The molecule has 2 heteroatoms. The van der Waals surface area contributed by atoms with Gasteiger partial charge in [-0.05, 0) is 19.1 Å². The van der Waals surface area contributed by atoms with Gasteiger partial charge in [0.15, 0.2) is 0 Å². The molecular weight excluding hydrogens is 214 g/mol. The lowest BCUT2D eigenvalue weighted by Crippen LogP contribution is -2.17. The van der Waals surface area contributed by atoms with Gasteiger partial charge in [0.2, 0.25) is 0 Å². The number of allylic oxidation sites excluding steroid dienone is 4. The molecule has 0 radical (unpaired) electrons. The van der Waals surface area contributed by atoms with Gasteiger partial charge in [-0.1, -0.05) is 46.4 Å². The molecule has 94 valence electrons. The topological polar surface area (TPSA) is 3.24 Å². The maximum atomic E-state index is 3.81. The molecule has 0 N–H and O–H groups in total. The Kier molecular flexibility index (Phi) is 15.9. The van der Waals surface area contributed by atoms with Gasteiger partial charge in [-0.3, -0.25) is 0 Å². The second-order valence-electron chi connectivity index (χ2n) is 2.62. The van der Waals surface area contributed by atoms with Crippen molar-refractivity contribution in [1.82, 2.24) is 4.90 Å². The Bertz CT molecular complexity index is 201. The predicted molar refractivity (Wildman–Crippen MR) is 79.8 cm³/mol. The summed E-state index contributed by atoms with van der Waals surface area (Å²) in [6.07, 6.45) is 8.12. The number of hydrogen-bond donors (Lipinski definition) is 0. The van der Waals surface area contributed by atoms with Crippen molar-refractivity contribution < 1.29 is 0 Å². The van der Waals surface area contributed by atoms with Gasteiger partial charge in [-0.25, -0.2) is 0 Å². The minimum absolute atomic E-state index is 1.11. The van der Waals surface area contributed by atoms with Crippen LogP contribution in [-0.4, -0.2) is 23.1 Å². The van der Waals surface area contributed by atoms with Crippen molar-refractivity contribution in [3.63, 3.8) is 0 Å². The van der Waals surface area contributed by atoms with Crippen molar-refractivity contribution in [2.45, 2.75) is 34.6 Å². The zero-order chi connectivity index (χ0) is 12.8. The van der Waals surface area contributed by atoms with Crippen LogP contribution in [0, 0.1) is 0 Å². The van der Waals surface area contributed by atoms with Crippen molar-refractivity contribution >= 4 is 11.8 Å². The first-order valence-corrected chi connectivity index (χ1v) is 7.32. The number of thioether (sulfide) groups is 1. The molecule has 0 spiro atoms. The van der Waals surface area contributed by atoms with Crippen molar-refractivity contribution in [2.24, 2.45) is 0 Å². The molecule has 0 unspecified atom stereocenters. The molecule has 0 bridgehead atoms. The fourth-order valence-corrected chi connectivity index (χ4v) is 2.09. The minimum atomic E-state index is 1.11. The third-order valence-corrected chi connectivity index (χ3v) is 2.75. The summed E-state index contributed by atoms with van der Waals surface area (Å²) in [5.41, 5.74) is 1.23. The lowest BCUT2D eigenvalue weighted by Gasteiger charge is -2.16. The molecule has 1 fully saturated rings. The predicted octanol–water partition coefficient (Wildman–Crippen LogP) is 4.69. The van der Waals surface area contributed by atoms with E-state index in [0.717, 1.165) is 12.4 Å². The maximum absolute atomic E-state index is 3.81. The van der Waals surface area contributed by atoms with Crippen LogP contribution in [0.15, 0.2) is 36.6 Å². The Morgan fingerprint density at radius 2 is 1.88 bits per heavy atom. The summed E-state index contributed by atoms with van der Waals surface area (Å²) in [5, 5.41) is 0. The summed E-state index contributed by atoms with van der Waals surface area (Å²) in [5.74, 6) is 2.34. The number of hydrogen-bond acceptors (Lipinski definition) is 2. The quantitative estimate of drug-likeness (QED) is 0.659. The van der Waals surface area contributed by atoms with Gasteiger partial charge < -0.3 is 4.90 Å². The summed E-state index contributed by atoms with van der Waals surface area (Å²) < 4.78 is 0. The highest BCUT2D eigenvalue weighted by atomic mass is 32.2. The van der Waals surface area contributed by atoms with E-state index < -0.39 is 0 Å². The van der Waals surface area contributed by atoms with Crippen LogP contribution in [0.25, 0.3) is 0 Å². The molecule has 0 aromatic rings. The fourth-order valence-electron chi connectivity index (χ4n) is 1.12. The van der Waals surface area contributed by atoms with Gasteiger partial charge >= 0.3 is 0 Å². The second kappa shape index (κ2) is 14.4. The Morgan fingerprint density at radius 3 is 2.25 bits per heavy atom. The molecule has 1 rings (SSSR count). The number of rotatable bonds is 3. The average Bonchev–Trinajstić information content (AvgIpc) is 2.89. The Balaban J connectivity index is 0. The van der Waals surface area contributed by atoms with E-state index in [-0.39, 0.29) is 0 Å². The fraction of sp³-hybridized carbons (Fsp3) is 0.571. The average molecular weight is 241 g/mol. The van der Waals surface area contributed by atoms with Crippen LogP contribution in [0.1, 0.15) is 34.6 Å². The highest BCUT2D eigenvalue weighted by molar-refractivity contribution is 7.99. The SMILES string of the molecule is C=C/C(=C\C=C/C)N1CCSC1.CC.CC. The van der Waals surface area contributed by atoms with Gasteiger partial charge in [0.25, 0.3) is 0 Å². The van der Waals surface area contributed by atoms with Gasteiger partial charge in [-0.2, -0.15) is 0 Å². The van der Waals surface area contributed by atoms with Crippen molar-refractivity contribution in [3.05, 3.63) is 36.6 Å². The van der Waals surface area contributed by atoms with E-state index in [4.69, 9.17) is 0 Å². The molecule has 16 heavy (non-hydrogen) atoms. The highest BCUT2D eigenvalue weighted by Crippen LogP contribution is 2.18. The van der Waals surface area contributed by atoms with E-state index >= 15 is 0 Å². The van der Waals surface area contributed by atoms with Gasteiger partial charge in [0.05, 0.1) is 5.88 Å². The van der Waals surface area contributed by atoms with E-state index in [1.54, 1.807) is 0 Å². The zero-order valence-corrected chi connectivity index (χ0v) is 12.3. The van der Waals surface area contributed by atoms with Crippen molar-refractivity contribution in [1.29, 1.82) is 0 Å². The Morgan fingerprint density at radius 1 is 1.25 bits per heavy atom. The van der Waals surface area contributed by atoms with Crippen LogP contribution < -0.4 is 0 Å². The van der Waals surface area contributed by atoms with Crippen LogP contribution in [0.2, 0.25) is 0 Å². The smallest absolute Gasteiger partial charge is 0.0640 e. The second-order valence-corrected chi connectivity index (χ2v) is 3.70. The standard InChI is InChI=1S/C10H15NS.2C2H6/c1-3-5-6-10(4-2)11-7-8-12-9-11;2*1-2/h3-6H,2,7-9H2,1H3;2*1-2H3/b5-3-,10-6+;;. The molecule has 0 atom stereocenters. The molecule has 1 aliphatic heterocycles. The van der Waals surface area contributed by atoms with Gasteiger partial charge in [-0.15, -0.1) is 11.8 Å². The largest absolute Gasteiger partial charge is 0.361 e. The highest BCUT2D eigenvalue weighted by Gasteiger charge is 2.11. The first-order chi connectivity index (χ1) is 7.88. The third-order valence-electron chi connectivity index (χ3n) is 1.79. The van der Waals surface area contributed by atoms with Crippen molar-refractivity contribution in [3.8, 4) is 0 Å². The first kappa shape index (κ1) is 17.8. The van der Waals surface area contributed by atoms with E-state index in [0.29, 0.717) is 0 Å². The van der Waals surface area contributed by atoms with Gasteiger partial charge in [0.1, 0.15) is 0 Å². The first-order valence-electron chi connectivity index (χ1n) is 6.16. The molecule has 1 aliphatic rings. The molecule has 1 heterocycles. The minimum Gasteiger partial charge on any atom is -0.361 e. The number of nitrogens with zero attached hydrogens (tertiary/aromatic N) is 1. The normalized spacial score (nSPS) is 15.1. The Labute approximate surface area is 106 Å². The maximum Gasteiger partial charge on any atom is 0.0640 e. The van der Waals surface area contributed by atoms with Crippen molar-refractivity contribution in [2.75, 3.05) is 18.2 Å². The molecule has 0 aromatic heterocycles. The van der Waals surface area contributed by atoms with E-state index in [9.17, 15) is 0 Å². The summed E-state index contributed by atoms with van der Waals surface area (Å²) in [6.45, 7) is 15.0. The molecule has 0 aromatic carbocycles. The van der Waals surface area contributed by atoms with Crippen LogP contribution in [-0.2, 0) is 0 Å². The summed E-state index contributed by atoms with van der Waals surface area (Å²) in [7, 11) is 0. The Hall–Kier alpha value is -0.630. The molecule has 0 saturated carbocycles. The third kappa shape index (κ3) is 7.63. The van der Waals surface area contributed by atoms with Gasteiger partial charge in [0, 0.05) is 18.0 Å². The molecule has 1 nitrogen and oxygen atoms in total. The zero-order valence-electron chi connectivity index (χ0n) is 11.5. The monoisotopic (exact) mass is 241 g/mol. The van der Waals surface area contributed by atoms with E-state index in [1.807, 2.05) is 58.5 Å². The summed E-state index contributed by atoms with van der Waals surface area (Å²) in [6, 6.07) is 0. The van der Waals surface area contributed by atoms with E-state index in [2.05, 4.69) is 23.6 Å². The van der Waals surface area contributed by atoms with Crippen LogP contribution in [0.4, 0.5) is 0 Å². The molecule has 1 saturated heterocycles. The summed E-state index contributed by atoms with van der Waals surface area (Å²) in [4.78, 5) is 2.34.